The Morgan fingerprint density at radius 3 is 2.89 bits per heavy atom. The van der Waals surface area contributed by atoms with E-state index < -0.39 is 0 Å². The summed E-state index contributed by atoms with van der Waals surface area (Å²) < 4.78 is 0. The maximum absolute atomic E-state index is 4.58. The zero-order chi connectivity index (χ0) is 13.6. The van der Waals surface area contributed by atoms with Gasteiger partial charge in [-0.3, -0.25) is 4.90 Å². The molecule has 1 atom stereocenters. The highest BCUT2D eigenvalue weighted by molar-refractivity contribution is 5.74. The largest absolute Gasteiger partial charge is 0.344 e. The molecule has 1 fully saturated rings. The van der Waals surface area contributed by atoms with Crippen molar-refractivity contribution in [1.29, 1.82) is 0 Å². The number of fused-ring (bicyclic) bond motifs is 3. The van der Waals surface area contributed by atoms with Gasteiger partial charge in [-0.2, -0.15) is 0 Å². The van der Waals surface area contributed by atoms with Gasteiger partial charge in [-0.15, -0.1) is 0 Å². The number of rotatable bonds is 1. The van der Waals surface area contributed by atoms with E-state index in [1.54, 1.807) is 0 Å². The molecule has 0 aromatic carbocycles. The fourth-order valence-corrected chi connectivity index (χ4v) is 3.06. The summed E-state index contributed by atoms with van der Waals surface area (Å²) in [5.41, 5.74) is 2.34. The Morgan fingerprint density at radius 2 is 2.16 bits per heavy atom. The molecule has 4 nitrogen and oxygen atoms in total. The molecule has 0 amide bonds. The van der Waals surface area contributed by atoms with Crippen molar-refractivity contribution in [2.24, 2.45) is 0 Å². The summed E-state index contributed by atoms with van der Waals surface area (Å²) in [6.07, 6.45) is 1.88. The van der Waals surface area contributed by atoms with E-state index >= 15 is 0 Å². The van der Waals surface area contributed by atoms with Crippen LogP contribution in [-0.4, -0.2) is 48.6 Å². The summed E-state index contributed by atoms with van der Waals surface area (Å²) in [5.74, 6) is 1.10. The standard InChI is InChI=1S/C15H22N4/c1-11(2)18-8-9-19-14(10-18)12(3)17(4)13-6-5-7-16-15(13)19/h5-7,11,14H,3,8-10H2,1-2,4H3/t14-/m1/s1. The Labute approximate surface area is 115 Å². The fourth-order valence-electron chi connectivity index (χ4n) is 3.06. The average molecular weight is 258 g/mol. The third-order valence-electron chi connectivity index (χ3n) is 4.36. The predicted octanol–water partition coefficient (Wildman–Crippen LogP) is 1.94. The van der Waals surface area contributed by atoms with Gasteiger partial charge >= 0.3 is 0 Å². The van der Waals surface area contributed by atoms with Crippen LogP contribution in [0, 0.1) is 0 Å². The van der Waals surface area contributed by atoms with Gasteiger partial charge in [-0.05, 0) is 26.0 Å². The molecule has 1 saturated heterocycles. The number of pyridine rings is 1. The third kappa shape index (κ3) is 1.91. The van der Waals surface area contributed by atoms with Crippen molar-refractivity contribution >= 4 is 11.5 Å². The Kier molecular flexibility index (Phi) is 2.97. The molecule has 2 aliphatic rings. The van der Waals surface area contributed by atoms with E-state index in [1.807, 2.05) is 12.3 Å². The summed E-state index contributed by atoms with van der Waals surface area (Å²) >= 11 is 0. The topological polar surface area (TPSA) is 22.6 Å². The van der Waals surface area contributed by atoms with Gasteiger partial charge in [-0.1, -0.05) is 6.58 Å². The summed E-state index contributed by atoms with van der Waals surface area (Å²) in [5, 5.41) is 0. The lowest BCUT2D eigenvalue weighted by molar-refractivity contribution is 0.187. The number of hydrogen-bond acceptors (Lipinski definition) is 4. The van der Waals surface area contributed by atoms with Crippen molar-refractivity contribution in [3.63, 3.8) is 0 Å². The van der Waals surface area contributed by atoms with Crippen molar-refractivity contribution in [3.8, 4) is 0 Å². The molecule has 3 heterocycles. The average Bonchev–Trinajstić information content (AvgIpc) is 2.44. The number of piperazine rings is 1. The van der Waals surface area contributed by atoms with Gasteiger partial charge in [0.1, 0.15) is 0 Å². The zero-order valence-corrected chi connectivity index (χ0v) is 12.0. The molecule has 0 aliphatic carbocycles. The first-order valence-corrected chi connectivity index (χ1v) is 6.98. The summed E-state index contributed by atoms with van der Waals surface area (Å²) in [4.78, 5) is 11.7. The summed E-state index contributed by atoms with van der Waals surface area (Å²) in [7, 11) is 2.09. The molecule has 102 valence electrons. The second kappa shape index (κ2) is 4.53. The molecule has 1 aromatic rings. The third-order valence-corrected chi connectivity index (χ3v) is 4.36. The molecule has 0 N–H and O–H groups in total. The summed E-state index contributed by atoms with van der Waals surface area (Å²) in [6.45, 7) is 12.0. The number of likely N-dealkylation sites (N-methyl/N-ethyl adjacent to an activating group) is 1. The smallest absolute Gasteiger partial charge is 0.153 e. The molecule has 4 heteroatoms. The number of hydrogen-bond donors (Lipinski definition) is 0. The monoisotopic (exact) mass is 258 g/mol. The van der Waals surface area contributed by atoms with E-state index in [0.717, 1.165) is 25.5 Å². The Morgan fingerprint density at radius 1 is 1.37 bits per heavy atom. The first-order valence-electron chi connectivity index (χ1n) is 6.98. The minimum atomic E-state index is 0.351. The number of anilines is 2. The predicted molar refractivity (Wildman–Crippen MR) is 79.6 cm³/mol. The second-order valence-corrected chi connectivity index (χ2v) is 5.69. The van der Waals surface area contributed by atoms with Crippen LogP contribution in [0.5, 0.6) is 0 Å². The van der Waals surface area contributed by atoms with Crippen LogP contribution in [0.2, 0.25) is 0 Å². The lowest BCUT2D eigenvalue weighted by atomic mass is 10.0. The molecule has 0 bridgehead atoms. The molecular formula is C15H22N4. The van der Waals surface area contributed by atoms with Crippen LogP contribution in [0.3, 0.4) is 0 Å². The lowest BCUT2D eigenvalue weighted by Crippen LogP contribution is -2.59. The van der Waals surface area contributed by atoms with Gasteiger partial charge in [0.15, 0.2) is 5.82 Å². The Bertz CT molecular complexity index is 497. The van der Waals surface area contributed by atoms with E-state index in [0.29, 0.717) is 12.1 Å². The molecule has 2 aliphatic heterocycles. The van der Waals surface area contributed by atoms with Gasteiger partial charge in [0.25, 0.3) is 0 Å². The molecule has 0 unspecified atom stereocenters. The molecular weight excluding hydrogens is 236 g/mol. The van der Waals surface area contributed by atoms with Crippen LogP contribution >= 0.6 is 0 Å². The SMILES string of the molecule is C=C1[C@H]2CN(C(C)C)CCN2c2ncccc2N1C. The van der Waals surface area contributed by atoms with Crippen molar-refractivity contribution in [2.75, 3.05) is 36.5 Å². The maximum atomic E-state index is 4.58. The molecule has 1 aromatic heterocycles. The van der Waals surface area contributed by atoms with Crippen LogP contribution in [0.1, 0.15) is 13.8 Å². The van der Waals surface area contributed by atoms with Gasteiger partial charge in [0.05, 0.1) is 11.7 Å². The van der Waals surface area contributed by atoms with Crippen LogP contribution in [0.15, 0.2) is 30.6 Å². The first-order chi connectivity index (χ1) is 9.09. The van der Waals surface area contributed by atoms with Gasteiger partial charge in [-0.25, -0.2) is 4.98 Å². The maximum Gasteiger partial charge on any atom is 0.153 e. The Hall–Kier alpha value is -1.55. The summed E-state index contributed by atoms with van der Waals surface area (Å²) in [6, 6.07) is 5.06. The van der Waals surface area contributed by atoms with Crippen LogP contribution in [0.4, 0.5) is 11.5 Å². The fraction of sp³-hybridized carbons (Fsp3) is 0.533. The van der Waals surface area contributed by atoms with Gasteiger partial charge in [0, 0.05) is 44.6 Å². The molecule has 19 heavy (non-hydrogen) atoms. The van der Waals surface area contributed by atoms with Crippen LogP contribution in [0.25, 0.3) is 0 Å². The molecule has 3 rings (SSSR count). The normalized spacial score (nSPS) is 23.6. The van der Waals surface area contributed by atoms with E-state index in [1.165, 1.54) is 11.4 Å². The molecule has 0 radical (unpaired) electrons. The van der Waals surface area contributed by atoms with E-state index in [-0.39, 0.29) is 0 Å². The van der Waals surface area contributed by atoms with Crippen LogP contribution < -0.4 is 9.80 Å². The first kappa shape index (κ1) is 12.5. The molecule has 0 saturated carbocycles. The highest BCUT2D eigenvalue weighted by Gasteiger charge is 2.37. The van der Waals surface area contributed by atoms with E-state index in [2.05, 4.69) is 53.2 Å². The number of aromatic nitrogens is 1. The highest BCUT2D eigenvalue weighted by Crippen LogP contribution is 2.38. The minimum absolute atomic E-state index is 0.351. The quantitative estimate of drug-likeness (QED) is 0.768. The van der Waals surface area contributed by atoms with E-state index in [4.69, 9.17) is 0 Å². The van der Waals surface area contributed by atoms with Gasteiger partial charge < -0.3 is 9.80 Å². The van der Waals surface area contributed by atoms with Crippen molar-refractivity contribution < 1.29 is 0 Å². The van der Waals surface area contributed by atoms with Crippen LogP contribution in [-0.2, 0) is 0 Å². The Balaban J connectivity index is 1.97. The number of nitrogens with zero attached hydrogens (tertiary/aromatic N) is 4. The lowest BCUT2D eigenvalue weighted by Gasteiger charge is -2.49. The van der Waals surface area contributed by atoms with Gasteiger partial charge in [0.2, 0.25) is 0 Å². The second-order valence-electron chi connectivity index (χ2n) is 5.69. The van der Waals surface area contributed by atoms with Crippen molar-refractivity contribution in [3.05, 3.63) is 30.6 Å². The van der Waals surface area contributed by atoms with E-state index in [9.17, 15) is 0 Å². The minimum Gasteiger partial charge on any atom is -0.344 e. The molecule has 0 spiro atoms. The van der Waals surface area contributed by atoms with Crippen molar-refractivity contribution in [1.82, 2.24) is 9.88 Å². The zero-order valence-electron chi connectivity index (χ0n) is 12.0. The highest BCUT2D eigenvalue weighted by atomic mass is 15.4. The van der Waals surface area contributed by atoms with Crippen molar-refractivity contribution in [2.45, 2.75) is 25.9 Å².